The third-order valence-electron chi connectivity index (χ3n) is 3.21. The summed E-state index contributed by atoms with van der Waals surface area (Å²) in [5, 5.41) is 3.92. The van der Waals surface area contributed by atoms with Crippen molar-refractivity contribution in [2.45, 2.75) is 13.0 Å². The smallest absolute Gasteiger partial charge is 0.142 e. The lowest BCUT2D eigenvalue weighted by Crippen LogP contribution is -2.22. The number of methoxy groups -OCH3 is 1. The van der Waals surface area contributed by atoms with Gasteiger partial charge in [0.05, 0.1) is 23.2 Å². The molecule has 0 saturated carbocycles. The Balaban J connectivity index is 2.48. The maximum Gasteiger partial charge on any atom is 0.142 e. The Morgan fingerprint density at radius 1 is 1.24 bits per heavy atom. The Kier molecular flexibility index (Phi) is 5.45. The van der Waals surface area contributed by atoms with E-state index in [0.29, 0.717) is 22.9 Å². The lowest BCUT2D eigenvalue weighted by molar-refractivity contribution is 0.414. The topological polar surface area (TPSA) is 21.3 Å². The molecule has 1 N–H and O–H groups in total. The number of halogens is 3. The molecule has 0 spiro atoms. The SMILES string of the molecule is CCNC(c1ccc(OC)c(Cl)c1)c1cccc(F)c1Cl. The van der Waals surface area contributed by atoms with Crippen molar-refractivity contribution in [1.29, 1.82) is 0 Å². The van der Waals surface area contributed by atoms with Gasteiger partial charge in [-0.3, -0.25) is 0 Å². The van der Waals surface area contributed by atoms with E-state index in [1.54, 1.807) is 31.4 Å². The Bertz CT molecular complexity index is 634. The summed E-state index contributed by atoms with van der Waals surface area (Å²) in [6.45, 7) is 2.69. The molecule has 21 heavy (non-hydrogen) atoms. The lowest BCUT2D eigenvalue weighted by Gasteiger charge is -2.21. The number of ether oxygens (including phenoxy) is 1. The van der Waals surface area contributed by atoms with Crippen LogP contribution in [0.4, 0.5) is 4.39 Å². The van der Waals surface area contributed by atoms with Gasteiger partial charge in [0.25, 0.3) is 0 Å². The third-order valence-corrected chi connectivity index (χ3v) is 3.90. The van der Waals surface area contributed by atoms with Crippen molar-refractivity contribution in [2.75, 3.05) is 13.7 Å². The highest BCUT2D eigenvalue weighted by Gasteiger charge is 2.19. The maximum absolute atomic E-state index is 13.7. The molecule has 0 heterocycles. The molecule has 0 aliphatic rings. The first kappa shape index (κ1) is 16.1. The summed E-state index contributed by atoms with van der Waals surface area (Å²) in [7, 11) is 1.56. The van der Waals surface area contributed by atoms with Gasteiger partial charge >= 0.3 is 0 Å². The Hall–Kier alpha value is -1.29. The summed E-state index contributed by atoms with van der Waals surface area (Å²) < 4.78 is 18.8. The molecular weight excluding hydrogens is 312 g/mol. The van der Waals surface area contributed by atoms with E-state index >= 15 is 0 Å². The van der Waals surface area contributed by atoms with Gasteiger partial charge in [0.15, 0.2) is 0 Å². The summed E-state index contributed by atoms with van der Waals surface area (Å²) in [5.74, 6) is 0.165. The largest absolute Gasteiger partial charge is 0.495 e. The quantitative estimate of drug-likeness (QED) is 0.848. The van der Waals surface area contributed by atoms with E-state index in [0.717, 1.165) is 5.56 Å². The zero-order chi connectivity index (χ0) is 15.4. The maximum atomic E-state index is 13.7. The van der Waals surface area contributed by atoms with Crippen molar-refractivity contribution in [2.24, 2.45) is 0 Å². The highest BCUT2D eigenvalue weighted by Crippen LogP contribution is 2.33. The van der Waals surface area contributed by atoms with Crippen molar-refractivity contribution >= 4 is 23.2 Å². The fourth-order valence-corrected chi connectivity index (χ4v) is 2.72. The molecule has 1 unspecified atom stereocenters. The van der Waals surface area contributed by atoms with Gasteiger partial charge in [-0.2, -0.15) is 0 Å². The number of rotatable bonds is 5. The fourth-order valence-electron chi connectivity index (χ4n) is 2.22. The second-order valence-electron chi connectivity index (χ2n) is 4.53. The minimum Gasteiger partial charge on any atom is -0.495 e. The summed E-state index contributed by atoms with van der Waals surface area (Å²) >= 11 is 12.3. The van der Waals surface area contributed by atoms with Crippen molar-refractivity contribution in [1.82, 2.24) is 5.32 Å². The molecule has 0 amide bonds. The molecule has 0 fully saturated rings. The number of nitrogens with one attached hydrogen (secondary N) is 1. The zero-order valence-electron chi connectivity index (χ0n) is 11.8. The van der Waals surface area contributed by atoms with Crippen LogP contribution in [0, 0.1) is 5.82 Å². The second kappa shape index (κ2) is 7.12. The van der Waals surface area contributed by atoms with Gasteiger partial charge in [0, 0.05) is 0 Å². The van der Waals surface area contributed by atoms with Crippen LogP contribution in [-0.4, -0.2) is 13.7 Å². The molecular formula is C16H16Cl2FNO. The normalized spacial score (nSPS) is 12.2. The first-order valence-corrected chi connectivity index (χ1v) is 7.34. The molecule has 112 valence electrons. The van der Waals surface area contributed by atoms with Gasteiger partial charge in [-0.15, -0.1) is 0 Å². The standard InChI is InChI=1S/C16H16Cl2FNO/c1-3-20-16(11-5-4-6-13(19)15(11)18)10-7-8-14(21-2)12(17)9-10/h4-9,16,20H,3H2,1-2H3. The predicted molar refractivity (Wildman–Crippen MR) is 84.9 cm³/mol. The molecule has 5 heteroatoms. The van der Waals surface area contributed by atoms with Crippen LogP contribution < -0.4 is 10.1 Å². The van der Waals surface area contributed by atoms with E-state index in [9.17, 15) is 4.39 Å². The Morgan fingerprint density at radius 2 is 2.00 bits per heavy atom. The third kappa shape index (κ3) is 3.49. The van der Waals surface area contributed by atoms with Crippen LogP contribution in [0.25, 0.3) is 0 Å². The van der Waals surface area contributed by atoms with Crippen molar-refractivity contribution in [3.05, 3.63) is 63.4 Å². The van der Waals surface area contributed by atoms with Crippen molar-refractivity contribution in [3.63, 3.8) is 0 Å². The monoisotopic (exact) mass is 327 g/mol. The number of hydrogen-bond donors (Lipinski definition) is 1. The van der Waals surface area contributed by atoms with Crippen LogP contribution in [0.5, 0.6) is 5.75 Å². The zero-order valence-corrected chi connectivity index (χ0v) is 13.3. The first-order chi connectivity index (χ1) is 10.1. The minimum absolute atomic E-state index is 0.121. The van der Waals surface area contributed by atoms with Gasteiger partial charge < -0.3 is 10.1 Å². The highest BCUT2D eigenvalue weighted by molar-refractivity contribution is 6.32. The molecule has 0 saturated heterocycles. The molecule has 2 aromatic carbocycles. The summed E-state index contributed by atoms with van der Waals surface area (Å²) in [6.07, 6.45) is 0. The van der Waals surface area contributed by atoms with E-state index < -0.39 is 5.82 Å². The van der Waals surface area contributed by atoms with Gasteiger partial charge in [-0.25, -0.2) is 4.39 Å². The minimum atomic E-state index is -0.434. The summed E-state index contributed by atoms with van der Waals surface area (Å²) in [4.78, 5) is 0. The fraction of sp³-hybridized carbons (Fsp3) is 0.250. The lowest BCUT2D eigenvalue weighted by atomic mass is 9.98. The van der Waals surface area contributed by atoms with Gasteiger partial charge in [0.1, 0.15) is 11.6 Å². The summed E-state index contributed by atoms with van der Waals surface area (Å²) in [5.41, 5.74) is 1.58. The highest BCUT2D eigenvalue weighted by atomic mass is 35.5. The molecule has 0 aliphatic carbocycles. The molecule has 1 atom stereocenters. The number of hydrogen-bond acceptors (Lipinski definition) is 2. The molecule has 2 aromatic rings. The summed E-state index contributed by atoms with van der Waals surface area (Å²) in [6, 6.07) is 10.0. The van der Waals surface area contributed by atoms with E-state index in [-0.39, 0.29) is 11.1 Å². The average Bonchev–Trinajstić information content (AvgIpc) is 2.48. The molecule has 0 aromatic heterocycles. The van der Waals surface area contributed by atoms with Crippen LogP contribution in [0.1, 0.15) is 24.1 Å². The second-order valence-corrected chi connectivity index (χ2v) is 5.31. The number of benzene rings is 2. The van der Waals surface area contributed by atoms with Gasteiger partial charge in [0.2, 0.25) is 0 Å². The molecule has 0 radical (unpaired) electrons. The van der Waals surface area contributed by atoms with Crippen LogP contribution in [-0.2, 0) is 0 Å². The van der Waals surface area contributed by atoms with E-state index in [4.69, 9.17) is 27.9 Å². The predicted octanol–water partition coefficient (Wildman–Crippen LogP) is 4.84. The Labute approximate surface area is 133 Å². The van der Waals surface area contributed by atoms with Crippen LogP contribution in [0.3, 0.4) is 0 Å². The molecule has 0 aliphatic heterocycles. The van der Waals surface area contributed by atoms with E-state index in [2.05, 4.69) is 5.32 Å². The Morgan fingerprint density at radius 3 is 2.62 bits per heavy atom. The van der Waals surface area contributed by atoms with Gasteiger partial charge in [-0.05, 0) is 35.9 Å². The average molecular weight is 328 g/mol. The van der Waals surface area contributed by atoms with Gasteiger partial charge in [-0.1, -0.05) is 48.3 Å². The van der Waals surface area contributed by atoms with Crippen molar-refractivity contribution < 1.29 is 9.13 Å². The van der Waals surface area contributed by atoms with Crippen LogP contribution in [0.15, 0.2) is 36.4 Å². The first-order valence-electron chi connectivity index (χ1n) is 6.59. The van der Waals surface area contributed by atoms with Crippen molar-refractivity contribution in [3.8, 4) is 5.75 Å². The van der Waals surface area contributed by atoms with Crippen LogP contribution >= 0.6 is 23.2 Å². The molecule has 2 nitrogen and oxygen atoms in total. The van der Waals surface area contributed by atoms with E-state index in [1.165, 1.54) is 6.07 Å². The molecule has 2 rings (SSSR count). The molecule has 0 bridgehead atoms. The van der Waals surface area contributed by atoms with Crippen LogP contribution in [0.2, 0.25) is 10.0 Å². The van der Waals surface area contributed by atoms with E-state index in [1.807, 2.05) is 13.0 Å².